The van der Waals surface area contributed by atoms with Crippen molar-refractivity contribution < 1.29 is 4.79 Å². The van der Waals surface area contributed by atoms with Crippen LogP contribution in [0.4, 0.5) is 0 Å². The molecule has 0 aromatic rings. The van der Waals surface area contributed by atoms with Crippen LogP contribution >= 0.6 is 0 Å². The maximum Gasteiger partial charge on any atom is 0.142 e. The third-order valence-corrected chi connectivity index (χ3v) is 1.36. The van der Waals surface area contributed by atoms with Crippen molar-refractivity contribution in [1.82, 2.24) is 0 Å². The van der Waals surface area contributed by atoms with Gasteiger partial charge in [0.25, 0.3) is 0 Å². The van der Waals surface area contributed by atoms with Crippen molar-refractivity contribution in [3.8, 4) is 0 Å². The summed E-state index contributed by atoms with van der Waals surface area (Å²) in [4.78, 5) is 9.84. The van der Waals surface area contributed by atoms with Gasteiger partial charge in [0.05, 0.1) is 0 Å². The van der Waals surface area contributed by atoms with Crippen LogP contribution < -0.4 is 0 Å². The summed E-state index contributed by atoms with van der Waals surface area (Å²) in [6.07, 6.45) is 13.0. The average Bonchev–Trinajstić information content (AvgIpc) is 2.03. The van der Waals surface area contributed by atoms with Gasteiger partial charge in [-0.15, -0.1) is 0 Å². The van der Waals surface area contributed by atoms with Gasteiger partial charge in [-0.3, -0.25) is 4.79 Å². The summed E-state index contributed by atoms with van der Waals surface area (Å²) in [6.45, 7) is 2.13. The van der Waals surface area contributed by atoms with Gasteiger partial charge >= 0.3 is 0 Å². The first kappa shape index (κ1) is 10.2. The van der Waals surface area contributed by atoms with Gasteiger partial charge in [-0.25, -0.2) is 0 Å². The zero-order chi connectivity index (χ0) is 8.36. The molecule has 1 heteroatoms. The molecule has 0 aromatic carbocycles. The summed E-state index contributed by atoms with van der Waals surface area (Å²) in [6, 6.07) is 0. The maximum absolute atomic E-state index is 9.84. The van der Waals surface area contributed by atoms with Crippen LogP contribution in [0.15, 0.2) is 24.3 Å². The van der Waals surface area contributed by atoms with Gasteiger partial charge in [0.1, 0.15) is 6.29 Å². The molecule has 62 valence electrons. The summed E-state index contributed by atoms with van der Waals surface area (Å²) in [5.74, 6) is 0. The summed E-state index contributed by atoms with van der Waals surface area (Å²) < 4.78 is 0. The lowest BCUT2D eigenvalue weighted by molar-refractivity contribution is -0.104. The van der Waals surface area contributed by atoms with Gasteiger partial charge in [-0.2, -0.15) is 0 Å². The summed E-state index contributed by atoms with van der Waals surface area (Å²) in [5.41, 5.74) is 0. The fraction of sp³-hybridized carbons (Fsp3) is 0.500. The highest BCUT2D eigenvalue weighted by Crippen LogP contribution is 1.97. The molecule has 0 fully saturated rings. The zero-order valence-electron chi connectivity index (χ0n) is 7.12. The van der Waals surface area contributed by atoms with Crippen molar-refractivity contribution in [3.05, 3.63) is 24.3 Å². The number of allylic oxidation sites excluding steroid dienone is 4. The van der Waals surface area contributed by atoms with Gasteiger partial charge in [0.15, 0.2) is 0 Å². The predicted molar refractivity (Wildman–Crippen MR) is 48.5 cm³/mol. The van der Waals surface area contributed by atoms with Crippen molar-refractivity contribution in [1.29, 1.82) is 0 Å². The minimum Gasteiger partial charge on any atom is -0.299 e. The molecule has 0 aromatic heterocycles. The van der Waals surface area contributed by atoms with Crippen molar-refractivity contribution in [2.45, 2.75) is 32.6 Å². The van der Waals surface area contributed by atoms with Gasteiger partial charge in [-0.05, 0) is 31.8 Å². The van der Waals surface area contributed by atoms with E-state index < -0.39 is 0 Å². The van der Waals surface area contributed by atoms with Gasteiger partial charge in [0.2, 0.25) is 0 Å². The zero-order valence-corrected chi connectivity index (χ0v) is 7.12. The molecule has 0 radical (unpaired) electrons. The van der Waals surface area contributed by atoms with Crippen LogP contribution in [0.2, 0.25) is 0 Å². The molecule has 0 amide bonds. The SMILES string of the molecule is CC/C=C/CCC/C=C/C=O. The molecule has 11 heavy (non-hydrogen) atoms. The number of hydrogen-bond acceptors (Lipinski definition) is 1. The third kappa shape index (κ3) is 9.15. The van der Waals surface area contributed by atoms with E-state index in [0.29, 0.717) is 0 Å². The van der Waals surface area contributed by atoms with Gasteiger partial charge in [0, 0.05) is 0 Å². The molecule has 1 nitrogen and oxygen atoms in total. The molecule has 0 aliphatic rings. The van der Waals surface area contributed by atoms with Crippen LogP contribution in [0.1, 0.15) is 32.6 Å². The normalized spacial score (nSPS) is 11.4. The lowest BCUT2D eigenvalue weighted by Crippen LogP contribution is -1.69. The second kappa shape index (κ2) is 9.15. The fourth-order valence-electron chi connectivity index (χ4n) is 0.790. The first-order valence-corrected chi connectivity index (χ1v) is 4.17. The number of carbonyl (C=O) groups excluding carboxylic acids is 1. The Morgan fingerprint density at radius 1 is 1.09 bits per heavy atom. The molecule has 0 rings (SSSR count). The third-order valence-electron chi connectivity index (χ3n) is 1.36. The van der Waals surface area contributed by atoms with Gasteiger partial charge < -0.3 is 0 Å². The van der Waals surface area contributed by atoms with Crippen LogP contribution in [-0.4, -0.2) is 6.29 Å². The van der Waals surface area contributed by atoms with E-state index in [2.05, 4.69) is 19.1 Å². The monoisotopic (exact) mass is 152 g/mol. The van der Waals surface area contributed by atoms with Gasteiger partial charge in [-0.1, -0.05) is 25.2 Å². The van der Waals surface area contributed by atoms with Crippen molar-refractivity contribution in [3.63, 3.8) is 0 Å². The van der Waals surface area contributed by atoms with Crippen molar-refractivity contribution >= 4 is 6.29 Å². The lowest BCUT2D eigenvalue weighted by atomic mass is 10.2. The molecule has 0 bridgehead atoms. The Bertz CT molecular complexity index is 134. The fourth-order valence-corrected chi connectivity index (χ4v) is 0.790. The second-order valence-corrected chi connectivity index (χ2v) is 2.37. The minimum absolute atomic E-state index is 0.821. The number of hydrogen-bond donors (Lipinski definition) is 0. The van der Waals surface area contributed by atoms with Crippen LogP contribution in [-0.2, 0) is 4.79 Å². The van der Waals surface area contributed by atoms with Crippen LogP contribution in [0.3, 0.4) is 0 Å². The summed E-state index contributed by atoms with van der Waals surface area (Å²) >= 11 is 0. The number of carbonyl (C=O) groups is 1. The molecule has 0 aliphatic carbocycles. The molecular weight excluding hydrogens is 136 g/mol. The molecular formula is C10H16O. The van der Waals surface area contributed by atoms with E-state index in [1.165, 1.54) is 0 Å². The van der Waals surface area contributed by atoms with E-state index in [-0.39, 0.29) is 0 Å². The van der Waals surface area contributed by atoms with Crippen molar-refractivity contribution in [2.24, 2.45) is 0 Å². The highest BCUT2D eigenvalue weighted by atomic mass is 16.1. The minimum atomic E-state index is 0.821. The van der Waals surface area contributed by atoms with Crippen LogP contribution in [0.25, 0.3) is 0 Å². The number of rotatable bonds is 6. The topological polar surface area (TPSA) is 17.1 Å². The quantitative estimate of drug-likeness (QED) is 0.247. The maximum atomic E-state index is 9.84. The summed E-state index contributed by atoms with van der Waals surface area (Å²) in [7, 11) is 0. The molecule has 0 aliphatic heterocycles. The lowest BCUT2D eigenvalue weighted by Gasteiger charge is -1.87. The number of aldehydes is 1. The first-order chi connectivity index (χ1) is 5.41. The Kier molecular flexibility index (Phi) is 8.44. The highest BCUT2D eigenvalue weighted by Gasteiger charge is 1.78. The Labute approximate surface area is 68.8 Å². The summed E-state index contributed by atoms with van der Waals surface area (Å²) in [5, 5.41) is 0. The molecule has 0 saturated heterocycles. The van der Waals surface area contributed by atoms with E-state index in [9.17, 15) is 4.79 Å². The first-order valence-electron chi connectivity index (χ1n) is 4.17. The smallest absolute Gasteiger partial charge is 0.142 e. The molecule has 0 heterocycles. The van der Waals surface area contributed by atoms with E-state index in [1.807, 2.05) is 6.08 Å². The predicted octanol–water partition coefficient (Wildman–Crippen LogP) is 2.88. The second-order valence-electron chi connectivity index (χ2n) is 2.37. The standard InChI is InChI=1S/C10H16O/c1-2-3-4-5-6-7-8-9-10-11/h3-4,8-10H,2,5-7H2,1H3/b4-3+,9-8+. The average molecular weight is 152 g/mol. The molecule has 0 N–H and O–H groups in total. The van der Waals surface area contributed by atoms with E-state index in [4.69, 9.17) is 0 Å². The molecule has 0 unspecified atom stereocenters. The highest BCUT2D eigenvalue weighted by molar-refractivity contribution is 5.64. The Hall–Kier alpha value is -0.850. The molecule has 0 atom stereocenters. The van der Waals surface area contributed by atoms with Crippen LogP contribution in [0.5, 0.6) is 0 Å². The van der Waals surface area contributed by atoms with Crippen molar-refractivity contribution in [2.75, 3.05) is 0 Å². The van der Waals surface area contributed by atoms with Crippen LogP contribution in [0, 0.1) is 0 Å². The molecule has 0 spiro atoms. The Morgan fingerprint density at radius 2 is 1.82 bits per heavy atom. The van der Waals surface area contributed by atoms with E-state index in [1.54, 1.807) is 6.08 Å². The van der Waals surface area contributed by atoms with E-state index in [0.717, 1.165) is 32.0 Å². The molecule has 0 saturated carbocycles. The van der Waals surface area contributed by atoms with E-state index >= 15 is 0 Å². The Morgan fingerprint density at radius 3 is 2.45 bits per heavy atom. The Balaban J connectivity index is 3.08. The number of unbranched alkanes of at least 4 members (excludes halogenated alkanes) is 2. The largest absolute Gasteiger partial charge is 0.299 e.